The molecule has 2 aromatic carbocycles. The maximum absolute atomic E-state index is 6.04. The lowest BCUT2D eigenvalue weighted by Crippen LogP contribution is -2.03. The van der Waals surface area contributed by atoms with Gasteiger partial charge in [-0.15, -0.1) is 0 Å². The number of nitrogens with one attached hydrogen (secondary N) is 1. The largest absolute Gasteiger partial charge is 0.365 e. The summed E-state index contributed by atoms with van der Waals surface area (Å²) in [5.74, 6) is 0.782. The predicted molar refractivity (Wildman–Crippen MR) is 101 cm³/mol. The second-order valence-electron chi connectivity index (χ2n) is 5.78. The van der Waals surface area contributed by atoms with Gasteiger partial charge in [0.05, 0.1) is 11.2 Å². The Kier molecular flexibility index (Phi) is 4.07. The van der Waals surface area contributed by atoms with Crippen LogP contribution in [0.25, 0.3) is 22.2 Å². The van der Waals surface area contributed by atoms with Gasteiger partial charge in [-0.25, -0.2) is 9.97 Å². The van der Waals surface area contributed by atoms with Crippen LogP contribution in [0.3, 0.4) is 0 Å². The Balaban J connectivity index is 1.65. The zero-order valence-electron chi connectivity index (χ0n) is 13.6. The van der Waals surface area contributed by atoms with Gasteiger partial charge in [-0.1, -0.05) is 41.9 Å². The highest BCUT2D eigenvalue weighted by atomic mass is 35.5. The molecular formula is C19H16ClN5. The average Bonchev–Trinajstić information content (AvgIpc) is 3.01. The summed E-state index contributed by atoms with van der Waals surface area (Å²) in [5.41, 5.74) is 3.99. The molecular weight excluding hydrogens is 334 g/mol. The van der Waals surface area contributed by atoms with E-state index in [1.807, 2.05) is 54.3 Å². The minimum Gasteiger partial charge on any atom is -0.365 e. The number of hydrogen-bond donors (Lipinski definition) is 1. The van der Waals surface area contributed by atoms with Crippen LogP contribution in [0.2, 0.25) is 5.02 Å². The third-order valence-corrected chi connectivity index (χ3v) is 4.23. The van der Waals surface area contributed by atoms with E-state index in [0.29, 0.717) is 11.6 Å². The van der Waals surface area contributed by atoms with Gasteiger partial charge >= 0.3 is 0 Å². The van der Waals surface area contributed by atoms with Crippen molar-refractivity contribution in [3.05, 3.63) is 71.6 Å². The first-order chi connectivity index (χ1) is 12.2. The molecule has 25 heavy (non-hydrogen) atoms. The molecule has 6 heteroatoms. The third-order valence-electron chi connectivity index (χ3n) is 4.00. The SMILES string of the molecule is Cn1cc(CNc2ncnc3cc(Cl)ccc23)c(-c2ccccc2)n1. The first-order valence-corrected chi connectivity index (χ1v) is 8.30. The molecule has 0 radical (unpaired) electrons. The number of fused-ring (bicyclic) bond motifs is 1. The first kappa shape index (κ1) is 15.6. The van der Waals surface area contributed by atoms with Crippen LogP contribution in [0, 0.1) is 0 Å². The topological polar surface area (TPSA) is 55.6 Å². The lowest BCUT2D eigenvalue weighted by Gasteiger charge is -2.08. The van der Waals surface area contributed by atoms with Crippen molar-refractivity contribution in [1.29, 1.82) is 0 Å². The Labute approximate surface area is 150 Å². The molecule has 1 N–H and O–H groups in total. The Hall–Kier alpha value is -2.92. The Morgan fingerprint density at radius 3 is 2.76 bits per heavy atom. The molecule has 0 aliphatic carbocycles. The molecule has 0 unspecified atom stereocenters. The molecule has 0 atom stereocenters. The van der Waals surface area contributed by atoms with E-state index in [9.17, 15) is 0 Å². The summed E-state index contributed by atoms with van der Waals surface area (Å²) in [6, 6.07) is 15.8. The van der Waals surface area contributed by atoms with Crippen LogP contribution < -0.4 is 5.32 Å². The van der Waals surface area contributed by atoms with Crippen LogP contribution in [-0.2, 0) is 13.6 Å². The summed E-state index contributed by atoms with van der Waals surface area (Å²) in [6.45, 7) is 0.618. The van der Waals surface area contributed by atoms with Gasteiger partial charge < -0.3 is 5.32 Å². The minimum absolute atomic E-state index is 0.618. The second-order valence-corrected chi connectivity index (χ2v) is 6.22. The highest BCUT2D eigenvalue weighted by Gasteiger charge is 2.11. The molecule has 0 saturated heterocycles. The molecule has 2 aromatic heterocycles. The fourth-order valence-corrected chi connectivity index (χ4v) is 3.02. The van der Waals surface area contributed by atoms with Gasteiger partial charge in [0, 0.05) is 41.3 Å². The number of anilines is 1. The molecule has 0 aliphatic heterocycles. The van der Waals surface area contributed by atoms with Crippen molar-refractivity contribution < 1.29 is 0 Å². The smallest absolute Gasteiger partial charge is 0.137 e. The maximum Gasteiger partial charge on any atom is 0.137 e. The fraction of sp³-hybridized carbons (Fsp3) is 0.105. The van der Waals surface area contributed by atoms with Crippen molar-refractivity contribution in [3.8, 4) is 11.3 Å². The normalized spacial score (nSPS) is 11.0. The van der Waals surface area contributed by atoms with Crippen molar-refractivity contribution in [1.82, 2.24) is 19.7 Å². The number of benzene rings is 2. The van der Waals surface area contributed by atoms with Gasteiger partial charge in [0.25, 0.3) is 0 Å². The van der Waals surface area contributed by atoms with Crippen LogP contribution in [0.4, 0.5) is 5.82 Å². The fourth-order valence-electron chi connectivity index (χ4n) is 2.86. The zero-order valence-corrected chi connectivity index (χ0v) is 14.4. The number of nitrogens with zero attached hydrogens (tertiary/aromatic N) is 4. The van der Waals surface area contributed by atoms with E-state index >= 15 is 0 Å². The van der Waals surface area contributed by atoms with Crippen molar-refractivity contribution in [2.24, 2.45) is 7.05 Å². The zero-order chi connectivity index (χ0) is 17.2. The maximum atomic E-state index is 6.04. The average molecular weight is 350 g/mol. The van der Waals surface area contributed by atoms with E-state index in [0.717, 1.165) is 33.5 Å². The monoisotopic (exact) mass is 349 g/mol. The van der Waals surface area contributed by atoms with Gasteiger partial charge in [0.1, 0.15) is 12.1 Å². The minimum atomic E-state index is 0.618. The van der Waals surface area contributed by atoms with E-state index in [1.54, 1.807) is 6.33 Å². The number of aryl methyl sites for hydroxylation is 1. The Morgan fingerprint density at radius 1 is 1.08 bits per heavy atom. The molecule has 4 aromatic rings. The second kappa shape index (κ2) is 6.53. The molecule has 0 spiro atoms. The lowest BCUT2D eigenvalue weighted by atomic mass is 10.1. The van der Waals surface area contributed by atoms with Crippen LogP contribution in [0.15, 0.2) is 61.1 Å². The molecule has 5 nitrogen and oxygen atoms in total. The van der Waals surface area contributed by atoms with E-state index in [1.165, 1.54) is 0 Å². The van der Waals surface area contributed by atoms with Crippen molar-refractivity contribution in [3.63, 3.8) is 0 Å². The van der Waals surface area contributed by atoms with Gasteiger partial charge in [-0.3, -0.25) is 4.68 Å². The first-order valence-electron chi connectivity index (χ1n) is 7.93. The molecule has 2 heterocycles. The molecule has 0 amide bonds. The number of halogens is 1. The number of rotatable bonds is 4. The Bertz CT molecular complexity index is 1030. The van der Waals surface area contributed by atoms with E-state index in [2.05, 4.69) is 32.5 Å². The summed E-state index contributed by atoms with van der Waals surface area (Å²) >= 11 is 6.04. The predicted octanol–water partition coefficient (Wildman–Crippen LogP) is 4.30. The van der Waals surface area contributed by atoms with Crippen LogP contribution in [0.1, 0.15) is 5.56 Å². The van der Waals surface area contributed by atoms with E-state index < -0.39 is 0 Å². The van der Waals surface area contributed by atoms with Gasteiger partial charge in [0.2, 0.25) is 0 Å². The molecule has 0 fully saturated rings. The van der Waals surface area contributed by atoms with Crippen molar-refractivity contribution in [2.75, 3.05) is 5.32 Å². The molecule has 0 saturated carbocycles. The number of hydrogen-bond acceptors (Lipinski definition) is 4. The van der Waals surface area contributed by atoms with Crippen LogP contribution in [0.5, 0.6) is 0 Å². The summed E-state index contributed by atoms with van der Waals surface area (Å²) in [7, 11) is 1.93. The molecule has 0 aliphatic rings. The summed E-state index contributed by atoms with van der Waals surface area (Å²) in [5, 5.41) is 9.60. The lowest BCUT2D eigenvalue weighted by molar-refractivity contribution is 0.770. The van der Waals surface area contributed by atoms with E-state index in [4.69, 9.17) is 11.6 Å². The Morgan fingerprint density at radius 2 is 1.92 bits per heavy atom. The summed E-state index contributed by atoms with van der Waals surface area (Å²) < 4.78 is 1.83. The van der Waals surface area contributed by atoms with Gasteiger partial charge in [-0.2, -0.15) is 5.10 Å². The standard InChI is InChI=1S/C19H16ClN5/c1-25-11-14(18(24-25)13-5-3-2-4-6-13)10-21-19-16-8-7-15(20)9-17(16)22-12-23-19/h2-9,11-12H,10H2,1H3,(H,21,22,23). The number of aromatic nitrogens is 4. The van der Waals surface area contributed by atoms with Crippen LogP contribution in [-0.4, -0.2) is 19.7 Å². The molecule has 124 valence electrons. The summed E-state index contributed by atoms with van der Waals surface area (Å²) in [6.07, 6.45) is 3.57. The van der Waals surface area contributed by atoms with Gasteiger partial charge in [0.15, 0.2) is 0 Å². The molecule has 4 rings (SSSR count). The quantitative estimate of drug-likeness (QED) is 0.597. The highest BCUT2D eigenvalue weighted by Crippen LogP contribution is 2.25. The third kappa shape index (κ3) is 3.19. The van der Waals surface area contributed by atoms with E-state index in [-0.39, 0.29) is 0 Å². The molecule has 0 bridgehead atoms. The summed E-state index contributed by atoms with van der Waals surface area (Å²) in [4.78, 5) is 8.64. The van der Waals surface area contributed by atoms with Crippen molar-refractivity contribution in [2.45, 2.75) is 6.54 Å². The van der Waals surface area contributed by atoms with Gasteiger partial charge in [-0.05, 0) is 18.2 Å². The van der Waals surface area contributed by atoms with Crippen LogP contribution >= 0.6 is 11.6 Å². The highest BCUT2D eigenvalue weighted by molar-refractivity contribution is 6.31. The van der Waals surface area contributed by atoms with Crippen molar-refractivity contribution >= 4 is 28.3 Å².